The highest BCUT2D eigenvalue weighted by Crippen LogP contribution is 2.28. The van der Waals surface area contributed by atoms with E-state index in [2.05, 4.69) is 10.0 Å². The highest BCUT2D eigenvalue weighted by Gasteiger charge is 2.10. The van der Waals surface area contributed by atoms with Crippen LogP contribution in [0.2, 0.25) is 0 Å². The number of thiophene rings is 1. The van der Waals surface area contributed by atoms with Crippen molar-refractivity contribution in [1.29, 1.82) is 0 Å². The van der Waals surface area contributed by atoms with Gasteiger partial charge in [-0.05, 0) is 56.5 Å². The summed E-state index contributed by atoms with van der Waals surface area (Å²) < 4.78 is 35.8. The molecule has 0 aliphatic carbocycles. The minimum Gasteiger partial charge on any atom is -0.490 e. The van der Waals surface area contributed by atoms with Crippen LogP contribution in [0, 0.1) is 0 Å². The minimum atomic E-state index is -3.20. The third-order valence-electron chi connectivity index (χ3n) is 3.93. The summed E-state index contributed by atoms with van der Waals surface area (Å²) in [7, 11) is -3.20. The largest absolute Gasteiger partial charge is 0.490 e. The Kier molecular flexibility index (Phi) is 8.94. The summed E-state index contributed by atoms with van der Waals surface area (Å²) in [6, 6.07) is 9.42. The molecule has 0 radical (unpaired) electrons. The zero-order valence-electron chi connectivity index (χ0n) is 17.0. The number of hydrogen-bond acceptors (Lipinski definition) is 6. The maximum Gasteiger partial charge on any atom is 0.261 e. The van der Waals surface area contributed by atoms with Crippen LogP contribution < -0.4 is 19.5 Å². The molecule has 1 aromatic heterocycles. The van der Waals surface area contributed by atoms with E-state index in [1.807, 2.05) is 38.1 Å². The van der Waals surface area contributed by atoms with Gasteiger partial charge in [0, 0.05) is 18.0 Å². The summed E-state index contributed by atoms with van der Waals surface area (Å²) in [4.78, 5) is 13.9. The van der Waals surface area contributed by atoms with Crippen molar-refractivity contribution >= 4 is 27.3 Å². The van der Waals surface area contributed by atoms with Crippen molar-refractivity contribution in [1.82, 2.24) is 10.0 Å². The van der Waals surface area contributed by atoms with E-state index in [0.717, 1.165) is 22.4 Å². The van der Waals surface area contributed by atoms with Gasteiger partial charge in [-0.1, -0.05) is 6.07 Å². The minimum absolute atomic E-state index is 0.131. The Balaban J connectivity index is 1.84. The van der Waals surface area contributed by atoms with Gasteiger partial charge >= 0.3 is 0 Å². The molecule has 7 nitrogen and oxygen atoms in total. The van der Waals surface area contributed by atoms with E-state index >= 15 is 0 Å². The molecule has 2 aromatic rings. The Hall–Kier alpha value is -2.10. The maximum atomic E-state index is 12.3. The number of benzene rings is 1. The van der Waals surface area contributed by atoms with Crippen LogP contribution >= 0.6 is 11.3 Å². The molecular formula is C20H28N2O5S2. The first-order valence-corrected chi connectivity index (χ1v) is 12.2. The predicted octanol–water partition coefficient (Wildman–Crippen LogP) is 2.61. The quantitative estimate of drug-likeness (QED) is 0.529. The van der Waals surface area contributed by atoms with Gasteiger partial charge in [0.15, 0.2) is 11.5 Å². The number of nitrogens with one attached hydrogen (secondary N) is 2. The molecule has 0 saturated carbocycles. The fraction of sp³-hybridized carbons (Fsp3) is 0.450. The molecule has 0 bridgehead atoms. The topological polar surface area (TPSA) is 93.7 Å². The number of carbonyl (C=O) groups is 1. The van der Waals surface area contributed by atoms with E-state index in [1.54, 1.807) is 6.07 Å². The van der Waals surface area contributed by atoms with Crippen LogP contribution in [-0.4, -0.2) is 46.9 Å². The van der Waals surface area contributed by atoms with Gasteiger partial charge in [0.25, 0.3) is 5.91 Å². The van der Waals surface area contributed by atoms with E-state index < -0.39 is 10.0 Å². The van der Waals surface area contributed by atoms with Crippen LogP contribution in [0.15, 0.2) is 30.3 Å². The molecule has 2 N–H and O–H groups in total. The molecule has 0 aliphatic heterocycles. The second-order valence-corrected chi connectivity index (χ2v) is 9.34. The van der Waals surface area contributed by atoms with Gasteiger partial charge in [0.2, 0.25) is 10.0 Å². The highest BCUT2D eigenvalue weighted by atomic mass is 32.2. The number of ether oxygens (including phenoxy) is 2. The molecule has 0 unspecified atom stereocenters. The van der Waals surface area contributed by atoms with E-state index in [1.165, 1.54) is 11.3 Å². The highest BCUT2D eigenvalue weighted by molar-refractivity contribution is 7.88. The van der Waals surface area contributed by atoms with Gasteiger partial charge in [-0.25, -0.2) is 13.1 Å². The smallest absolute Gasteiger partial charge is 0.261 e. The molecule has 0 saturated heterocycles. The molecule has 0 spiro atoms. The van der Waals surface area contributed by atoms with Gasteiger partial charge in [-0.2, -0.15) is 0 Å². The van der Waals surface area contributed by atoms with Crippen LogP contribution in [0.1, 0.15) is 34.0 Å². The summed E-state index contributed by atoms with van der Waals surface area (Å²) >= 11 is 1.37. The van der Waals surface area contributed by atoms with Crippen LogP contribution in [0.4, 0.5) is 0 Å². The Morgan fingerprint density at radius 3 is 2.41 bits per heavy atom. The normalized spacial score (nSPS) is 11.3. The molecule has 0 fully saturated rings. The van der Waals surface area contributed by atoms with Gasteiger partial charge in [-0.3, -0.25) is 4.79 Å². The van der Waals surface area contributed by atoms with E-state index in [0.29, 0.717) is 49.8 Å². The van der Waals surface area contributed by atoms with Gasteiger partial charge < -0.3 is 14.8 Å². The summed E-state index contributed by atoms with van der Waals surface area (Å²) in [5.41, 5.74) is 1.05. The fourth-order valence-corrected chi connectivity index (χ4v) is 4.05. The number of rotatable bonds is 12. The van der Waals surface area contributed by atoms with Crippen molar-refractivity contribution < 1.29 is 22.7 Å². The molecule has 2 rings (SSSR count). The lowest BCUT2D eigenvalue weighted by Crippen LogP contribution is -2.25. The molecule has 0 atom stereocenters. The zero-order chi connectivity index (χ0) is 21.3. The Labute approximate surface area is 176 Å². The van der Waals surface area contributed by atoms with E-state index in [-0.39, 0.29) is 5.91 Å². The average Bonchev–Trinajstić information content (AvgIpc) is 3.12. The SMILES string of the molecule is CCOc1ccc(CCNC(=O)c2ccc(CCNS(C)(=O)=O)s2)cc1OCC. The fourth-order valence-electron chi connectivity index (χ4n) is 2.65. The average molecular weight is 441 g/mol. The van der Waals surface area contributed by atoms with Gasteiger partial charge in [0.05, 0.1) is 24.3 Å². The van der Waals surface area contributed by atoms with Crippen molar-refractivity contribution in [3.63, 3.8) is 0 Å². The first-order chi connectivity index (χ1) is 13.8. The molecular weight excluding hydrogens is 412 g/mol. The lowest BCUT2D eigenvalue weighted by Gasteiger charge is -2.12. The molecule has 0 aliphatic rings. The van der Waals surface area contributed by atoms with Crippen LogP contribution in [-0.2, 0) is 22.9 Å². The monoisotopic (exact) mass is 440 g/mol. The van der Waals surface area contributed by atoms with Gasteiger partial charge in [0.1, 0.15) is 0 Å². The number of amides is 1. The van der Waals surface area contributed by atoms with Crippen molar-refractivity contribution in [3.8, 4) is 11.5 Å². The first-order valence-electron chi connectivity index (χ1n) is 9.52. The Morgan fingerprint density at radius 1 is 1.00 bits per heavy atom. The summed E-state index contributed by atoms with van der Waals surface area (Å²) in [6.45, 7) is 5.80. The molecule has 160 valence electrons. The van der Waals surface area contributed by atoms with Crippen LogP contribution in [0.5, 0.6) is 11.5 Å². The number of hydrogen-bond donors (Lipinski definition) is 2. The van der Waals surface area contributed by atoms with E-state index in [9.17, 15) is 13.2 Å². The Bertz CT molecular complexity index is 909. The van der Waals surface area contributed by atoms with Crippen LogP contribution in [0.3, 0.4) is 0 Å². The number of carbonyl (C=O) groups excluding carboxylic acids is 1. The maximum absolute atomic E-state index is 12.3. The standard InChI is InChI=1S/C20H28N2O5S2/c1-4-26-17-8-6-15(14-18(17)27-5-2)10-12-21-20(23)19-9-7-16(28-19)11-13-22-29(3,24)25/h6-9,14,22H,4-5,10-13H2,1-3H3,(H,21,23). The molecule has 9 heteroatoms. The third kappa shape index (κ3) is 8.04. The van der Waals surface area contributed by atoms with Crippen molar-refractivity contribution in [2.75, 3.05) is 32.6 Å². The second-order valence-electron chi connectivity index (χ2n) is 6.34. The zero-order valence-corrected chi connectivity index (χ0v) is 18.6. The lowest BCUT2D eigenvalue weighted by molar-refractivity contribution is 0.0958. The summed E-state index contributed by atoms with van der Waals surface area (Å²) in [5.74, 6) is 1.30. The summed E-state index contributed by atoms with van der Waals surface area (Å²) in [5, 5.41) is 2.92. The van der Waals surface area contributed by atoms with E-state index in [4.69, 9.17) is 9.47 Å². The molecule has 1 aromatic carbocycles. The predicted molar refractivity (Wildman–Crippen MR) is 116 cm³/mol. The van der Waals surface area contributed by atoms with Crippen molar-refractivity contribution in [2.45, 2.75) is 26.7 Å². The van der Waals surface area contributed by atoms with Gasteiger partial charge in [-0.15, -0.1) is 11.3 Å². The third-order valence-corrected chi connectivity index (χ3v) is 5.80. The van der Waals surface area contributed by atoms with Crippen LogP contribution in [0.25, 0.3) is 0 Å². The van der Waals surface area contributed by atoms with Crippen molar-refractivity contribution in [2.24, 2.45) is 0 Å². The Morgan fingerprint density at radius 2 is 1.72 bits per heavy atom. The number of sulfonamides is 1. The molecule has 1 heterocycles. The molecule has 1 amide bonds. The lowest BCUT2D eigenvalue weighted by atomic mass is 10.1. The molecule has 29 heavy (non-hydrogen) atoms. The second kappa shape index (κ2) is 11.2. The summed E-state index contributed by atoms with van der Waals surface area (Å²) in [6.07, 6.45) is 2.36. The van der Waals surface area contributed by atoms with Crippen molar-refractivity contribution in [3.05, 3.63) is 45.6 Å². The first kappa shape index (κ1) is 23.2.